The molecule has 2 aromatic rings. The maximum atomic E-state index is 5.43. The highest BCUT2D eigenvalue weighted by Crippen LogP contribution is 2.34. The molecular weight excluding hydrogens is 222 g/mol. The Kier molecular flexibility index (Phi) is 2.40. The smallest absolute Gasteiger partial charge is 0.313 e. The van der Waals surface area contributed by atoms with Crippen LogP contribution in [0.15, 0.2) is 10.5 Å². The topological polar surface area (TPSA) is 64.9 Å². The van der Waals surface area contributed by atoms with E-state index in [4.69, 9.17) is 10.2 Å². The number of nitrogens with zero attached hydrogens (tertiary/aromatic N) is 2. The molecule has 0 unspecified atom stereocenters. The normalized spacial score (nSPS) is 15.8. The van der Waals surface area contributed by atoms with Gasteiger partial charge < -0.3 is 10.2 Å². The van der Waals surface area contributed by atoms with Crippen molar-refractivity contribution in [2.24, 2.45) is 0 Å². The minimum Gasteiger partial charge on any atom is -0.403 e. The van der Waals surface area contributed by atoms with Crippen molar-refractivity contribution >= 4 is 17.4 Å². The van der Waals surface area contributed by atoms with Gasteiger partial charge in [0, 0.05) is 4.88 Å². The van der Waals surface area contributed by atoms with E-state index in [-0.39, 0.29) is 6.01 Å². The predicted molar refractivity (Wildman–Crippen MR) is 63.3 cm³/mol. The molecule has 0 atom stereocenters. The molecule has 0 aliphatic heterocycles. The molecule has 0 fully saturated rings. The molecule has 1 aliphatic carbocycles. The SMILES string of the molecule is Nc1nnc(-c2cc3c(s2)CCCCC3)o1. The lowest BCUT2D eigenvalue weighted by Crippen LogP contribution is -1.81. The Morgan fingerprint density at radius 2 is 2.06 bits per heavy atom. The van der Waals surface area contributed by atoms with E-state index in [1.54, 1.807) is 11.3 Å². The summed E-state index contributed by atoms with van der Waals surface area (Å²) in [5, 5.41) is 7.61. The number of hydrogen-bond acceptors (Lipinski definition) is 5. The maximum Gasteiger partial charge on any atom is 0.313 e. The Hall–Kier alpha value is -1.36. The van der Waals surface area contributed by atoms with Crippen LogP contribution in [0.2, 0.25) is 0 Å². The molecule has 4 nitrogen and oxygen atoms in total. The van der Waals surface area contributed by atoms with E-state index >= 15 is 0 Å². The average Bonchev–Trinajstić information content (AvgIpc) is 2.81. The quantitative estimate of drug-likeness (QED) is 0.772. The molecular formula is C11H13N3OS. The average molecular weight is 235 g/mol. The predicted octanol–water partition coefficient (Wildman–Crippen LogP) is 2.65. The second-order valence-corrected chi connectivity index (χ2v) is 5.20. The fourth-order valence-electron chi connectivity index (χ4n) is 2.11. The molecule has 0 amide bonds. The summed E-state index contributed by atoms with van der Waals surface area (Å²) < 4.78 is 5.24. The van der Waals surface area contributed by atoms with Gasteiger partial charge in [0.25, 0.3) is 5.89 Å². The van der Waals surface area contributed by atoms with E-state index in [0.717, 1.165) is 4.88 Å². The molecule has 16 heavy (non-hydrogen) atoms. The Labute approximate surface area is 97.5 Å². The molecule has 0 radical (unpaired) electrons. The van der Waals surface area contributed by atoms with E-state index in [1.807, 2.05) is 0 Å². The van der Waals surface area contributed by atoms with E-state index in [0.29, 0.717) is 5.89 Å². The number of nitrogen functional groups attached to an aromatic ring is 1. The summed E-state index contributed by atoms with van der Waals surface area (Å²) in [6.07, 6.45) is 6.28. The van der Waals surface area contributed by atoms with Crippen LogP contribution in [0.5, 0.6) is 0 Å². The highest BCUT2D eigenvalue weighted by atomic mass is 32.1. The highest BCUT2D eigenvalue weighted by Gasteiger charge is 2.16. The lowest BCUT2D eigenvalue weighted by Gasteiger charge is -1.92. The van der Waals surface area contributed by atoms with Crippen LogP contribution in [-0.4, -0.2) is 10.2 Å². The first-order chi connectivity index (χ1) is 7.83. The third kappa shape index (κ3) is 1.71. The van der Waals surface area contributed by atoms with Crippen molar-refractivity contribution in [3.05, 3.63) is 16.5 Å². The zero-order valence-corrected chi connectivity index (χ0v) is 9.72. The summed E-state index contributed by atoms with van der Waals surface area (Å²) in [5.41, 5.74) is 6.88. The molecule has 0 saturated carbocycles. The fourth-order valence-corrected chi connectivity index (χ4v) is 3.28. The summed E-state index contributed by atoms with van der Waals surface area (Å²) in [4.78, 5) is 2.53. The monoisotopic (exact) mass is 235 g/mol. The van der Waals surface area contributed by atoms with Crippen molar-refractivity contribution < 1.29 is 4.42 Å². The Bertz CT molecular complexity index is 480. The third-order valence-electron chi connectivity index (χ3n) is 2.90. The van der Waals surface area contributed by atoms with Crippen molar-refractivity contribution in [3.8, 4) is 10.8 Å². The van der Waals surface area contributed by atoms with Gasteiger partial charge in [0.2, 0.25) is 0 Å². The number of hydrogen-bond donors (Lipinski definition) is 1. The lowest BCUT2D eigenvalue weighted by atomic mass is 10.1. The summed E-state index contributed by atoms with van der Waals surface area (Å²) >= 11 is 1.76. The first kappa shape index (κ1) is 9.84. The minimum absolute atomic E-state index is 0.138. The zero-order chi connectivity index (χ0) is 11.0. The van der Waals surface area contributed by atoms with Crippen molar-refractivity contribution in [1.29, 1.82) is 0 Å². The summed E-state index contributed by atoms with van der Waals surface area (Å²) in [7, 11) is 0. The van der Waals surface area contributed by atoms with Gasteiger partial charge in [-0.05, 0) is 37.3 Å². The molecule has 2 aromatic heterocycles. The molecule has 5 heteroatoms. The Morgan fingerprint density at radius 1 is 1.19 bits per heavy atom. The number of rotatable bonds is 1. The van der Waals surface area contributed by atoms with Crippen LogP contribution in [0.4, 0.5) is 6.01 Å². The summed E-state index contributed by atoms with van der Waals surface area (Å²) in [6.45, 7) is 0. The third-order valence-corrected chi connectivity index (χ3v) is 4.12. The standard InChI is InChI=1S/C11H13N3OS/c12-11-14-13-10(15-11)9-6-7-4-2-1-3-5-8(7)16-9/h6H,1-5H2,(H2,12,14). The molecule has 3 rings (SSSR count). The van der Waals surface area contributed by atoms with Gasteiger partial charge in [-0.1, -0.05) is 11.5 Å². The molecule has 0 spiro atoms. The molecule has 2 N–H and O–H groups in total. The van der Waals surface area contributed by atoms with Crippen LogP contribution in [0.3, 0.4) is 0 Å². The number of fused-ring (bicyclic) bond motifs is 1. The van der Waals surface area contributed by atoms with Crippen molar-refractivity contribution in [3.63, 3.8) is 0 Å². The minimum atomic E-state index is 0.138. The van der Waals surface area contributed by atoms with Crippen LogP contribution < -0.4 is 5.73 Å². The second kappa shape index (κ2) is 3.90. The van der Waals surface area contributed by atoms with Gasteiger partial charge in [-0.15, -0.1) is 16.4 Å². The first-order valence-corrected chi connectivity index (χ1v) is 6.35. The number of anilines is 1. The van der Waals surface area contributed by atoms with E-state index < -0.39 is 0 Å². The van der Waals surface area contributed by atoms with Crippen LogP contribution in [-0.2, 0) is 12.8 Å². The number of aromatic nitrogens is 2. The van der Waals surface area contributed by atoms with E-state index in [2.05, 4.69) is 16.3 Å². The van der Waals surface area contributed by atoms with Crippen LogP contribution in [0.25, 0.3) is 10.8 Å². The molecule has 0 saturated heterocycles. The van der Waals surface area contributed by atoms with E-state index in [9.17, 15) is 0 Å². The second-order valence-electron chi connectivity index (χ2n) is 4.07. The number of nitrogens with two attached hydrogens (primary N) is 1. The molecule has 1 aliphatic rings. The molecule has 2 heterocycles. The first-order valence-electron chi connectivity index (χ1n) is 5.54. The van der Waals surface area contributed by atoms with Gasteiger partial charge in [-0.2, -0.15) is 0 Å². The highest BCUT2D eigenvalue weighted by molar-refractivity contribution is 7.15. The lowest BCUT2D eigenvalue weighted by molar-refractivity contribution is 0.591. The molecule has 84 valence electrons. The van der Waals surface area contributed by atoms with Gasteiger partial charge in [0.15, 0.2) is 0 Å². The van der Waals surface area contributed by atoms with Crippen molar-refractivity contribution in [2.45, 2.75) is 32.1 Å². The van der Waals surface area contributed by atoms with Gasteiger partial charge >= 0.3 is 6.01 Å². The van der Waals surface area contributed by atoms with Crippen molar-refractivity contribution in [2.75, 3.05) is 5.73 Å². The van der Waals surface area contributed by atoms with Gasteiger partial charge in [-0.3, -0.25) is 0 Å². The van der Waals surface area contributed by atoms with E-state index in [1.165, 1.54) is 42.5 Å². The van der Waals surface area contributed by atoms with Crippen LogP contribution >= 0.6 is 11.3 Å². The summed E-state index contributed by atoms with van der Waals surface area (Å²) in [5.74, 6) is 0.551. The zero-order valence-electron chi connectivity index (χ0n) is 8.90. The number of aryl methyl sites for hydroxylation is 2. The van der Waals surface area contributed by atoms with Crippen molar-refractivity contribution in [1.82, 2.24) is 10.2 Å². The largest absolute Gasteiger partial charge is 0.403 e. The Morgan fingerprint density at radius 3 is 2.88 bits per heavy atom. The van der Waals surface area contributed by atoms with Crippen LogP contribution in [0, 0.1) is 0 Å². The summed E-state index contributed by atoms with van der Waals surface area (Å²) in [6, 6.07) is 2.32. The molecule has 0 bridgehead atoms. The number of thiophene rings is 1. The van der Waals surface area contributed by atoms with Gasteiger partial charge in [0.05, 0.1) is 4.88 Å². The molecule has 0 aromatic carbocycles. The van der Waals surface area contributed by atoms with Crippen LogP contribution in [0.1, 0.15) is 29.7 Å². The fraction of sp³-hybridized carbons (Fsp3) is 0.455. The van der Waals surface area contributed by atoms with Gasteiger partial charge in [0.1, 0.15) is 0 Å². The maximum absolute atomic E-state index is 5.43. The Balaban J connectivity index is 1.98. The van der Waals surface area contributed by atoms with Gasteiger partial charge in [-0.25, -0.2) is 0 Å².